The second-order valence-electron chi connectivity index (χ2n) is 3.00. The molecule has 10 heavy (non-hydrogen) atoms. The molecule has 1 atom stereocenters. The summed E-state index contributed by atoms with van der Waals surface area (Å²) < 4.78 is 5.30. The Labute approximate surface area is 61.5 Å². The minimum atomic E-state index is 0.314. The molecule has 0 bridgehead atoms. The molecule has 1 saturated carbocycles. The van der Waals surface area contributed by atoms with Gasteiger partial charge in [0.25, 0.3) is 0 Å². The lowest BCUT2D eigenvalue weighted by Crippen LogP contribution is -2.22. The summed E-state index contributed by atoms with van der Waals surface area (Å²) in [6.45, 7) is 2.37. The van der Waals surface area contributed by atoms with Crippen LogP contribution in [0.4, 0.5) is 0 Å². The molecule has 1 fully saturated rings. The maximum absolute atomic E-state index is 8.71. The fourth-order valence-corrected chi connectivity index (χ4v) is 0.927. The van der Waals surface area contributed by atoms with Crippen molar-refractivity contribution in [1.82, 2.24) is 5.06 Å². The lowest BCUT2D eigenvalue weighted by molar-refractivity contribution is -0.157. The Morgan fingerprint density at radius 3 is 2.70 bits per heavy atom. The smallest absolute Gasteiger partial charge is 0.122 e. The Morgan fingerprint density at radius 2 is 2.30 bits per heavy atom. The van der Waals surface area contributed by atoms with Crippen molar-refractivity contribution in [1.29, 1.82) is 0 Å². The van der Waals surface area contributed by atoms with E-state index in [1.54, 1.807) is 7.05 Å². The molecule has 3 heteroatoms. The average molecular weight is 145 g/mol. The predicted octanol–water partition coefficient (Wildman–Crippen LogP) is 1.08. The molecule has 1 rings (SSSR count). The Balaban J connectivity index is 2.00. The van der Waals surface area contributed by atoms with Crippen LogP contribution in [0.25, 0.3) is 0 Å². The van der Waals surface area contributed by atoms with Crippen LogP contribution in [0.15, 0.2) is 0 Å². The lowest BCUT2D eigenvalue weighted by atomic mass is 10.3. The van der Waals surface area contributed by atoms with E-state index in [9.17, 15) is 0 Å². The molecule has 3 nitrogen and oxygen atoms in total. The van der Waals surface area contributed by atoms with Crippen LogP contribution in [-0.2, 0) is 4.74 Å². The zero-order valence-electron chi connectivity index (χ0n) is 6.58. The summed E-state index contributed by atoms with van der Waals surface area (Å²) in [6, 6.07) is 0. The molecule has 1 unspecified atom stereocenters. The van der Waals surface area contributed by atoms with E-state index in [1.165, 1.54) is 12.8 Å². The molecule has 0 aromatic rings. The minimum absolute atomic E-state index is 0.314. The topological polar surface area (TPSA) is 32.7 Å². The molecule has 1 N–H and O–H groups in total. The van der Waals surface area contributed by atoms with Crippen molar-refractivity contribution >= 4 is 0 Å². The SMILES string of the molecule is CC(OCN(C)O)C1CC1. The van der Waals surface area contributed by atoms with E-state index >= 15 is 0 Å². The first-order valence-corrected chi connectivity index (χ1v) is 3.71. The van der Waals surface area contributed by atoms with E-state index < -0.39 is 0 Å². The van der Waals surface area contributed by atoms with Gasteiger partial charge in [0.05, 0.1) is 6.10 Å². The molecule has 0 heterocycles. The van der Waals surface area contributed by atoms with Crippen LogP contribution in [0.2, 0.25) is 0 Å². The van der Waals surface area contributed by atoms with Crippen LogP contribution in [0.5, 0.6) is 0 Å². The van der Waals surface area contributed by atoms with Crippen molar-refractivity contribution < 1.29 is 9.94 Å². The first-order valence-electron chi connectivity index (χ1n) is 3.71. The van der Waals surface area contributed by atoms with E-state index in [0.717, 1.165) is 11.0 Å². The van der Waals surface area contributed by atoms with Crippen LogP contribution >= 0.6 is 0 Å². The molecule has 0 aromatic carbocycles. The third kappa shape index (κ3) is 2.64. The largest absolute Gasteiger partial charge is 0.361 e. The van der Waals surface area contributed by atoms with Gasteiger partial charge in [-0.15, -0.1) is 0 Å². The van der Waals surface area contributed by atoms with E-state index in [0.29, 0.717) is 12.8 Å². The second-order valence-corrected chi connectivity index (χ2v) is 3.00. The van der Waals surface area contributed by atoms with Gasteiger partial charge in [0.1, 0.15) is 6.73 Å². The molecule has 1 aliphatic carbocycles. The zero-order chi connectivity index (χ0) is 7.56. The van der Waals surface area contributed by atoms with Crippen LogP contribution < -0.4 is 0 Å². The van der Waals surface area contributed by atoms with Gasteiger partial charge in [-0.3, -0.25) is 0 Å². The molecule has 0 aliphatic heterocycles. The van der Waals surface area contributed by atoms with E-state index in [4.69, 9.17) is 9.94 Å². The van der Waals surface area contributed by atoms with Crippen molar-refractivity contribution in [2.75, 3.05) is 13.8 Å². The van der Waals surface area contributed by atoms with Gasteiger partial charge in [0, 0.05) is 7.05 Å². The number of hydrogen-bond acceptors (Lipinski definition) is 3. The van der Waals surface area contributed by atoms with Crippen molar-refractivity contribution in [3.8, 4) is 0 Å². The molecular weight excluding hydrogens is 130 g/mol. The lowest BCUT2D eigenvalue weighted by Gasteiger charge is -2.14. The molecule has 60 valence electrons. The fourth-order valence-electron chi connectivity index (χ4n) is 0.927. The first-order chi connectivity index (χ1) is 4.70. The van der Waals surface area contributed by atoms with Crippen LogP contribution in [0, 0.1) is 5.92 Å². The summed E-state index contributed by atoms with van der Waals surface area (Å²) in [5.74, 6) is 0.750. The monoisotopic (exact) mass is 145 g/mol. The van der Waals surface area contributed by atoms with Gasteiger partial charge < -0.3 is 9.94 Å². The molecule has 0 saturated heterocycles. The van der Waals surface area contributed by atoms with Gasteiger partial charge in [-0.25, -0.2) is 0 Å². The van der Waals surface area contributed by atoms with Crippen LogP contribution in [0.1, 0.15) is 19.8 Å². The number of rotatable bonds is 4. The standard InChI is InChI=1S/C7H15NO2/c1-6(7-3-4-7)10-5-8(2)9/h6-7,9H,3-5H2,1-2H3. The molecular formula is C7H15NO2. The van der Waals surface area contributed by atoms with E-state index in [-0.39, 0.29) is 0 Å². The summed E-state index contributed by atoms with van der Waals surface area (Å²) >= 11 is 0. The van der Waals surface area contributed by atoms with Gasteiger partial charge in [-0.05, 0) is 25.7 Å². The van der Waals surface area contributed by atoms with Gasteiger partial charge in [0.15, 0.2) is 0 Å². The van der Waals surface area contributed by atoms with Crippen LogP contribution in [0.3, 0.4) is 0 Å². The predicted molar refractivity (Wildman–Crippen MR) is 37.7 cm³/mol. The van der Waals surface area contributed by atoms with Crippen molar-refractivity contribution in [3.05, 3.63) is 0 Å². The summed E-state index contributed by atoms with van der Waals surface area (Å²) in [4.78, 5) is 0. The second kappa shape index (κ2) is 3.32. The summed E-state index contributed by atoms with van der Waals surface area (Å²) in [5, 5.41) is 9.77. The van der Waals surface area contributed by atoms with Crippen molar-refractivity contribution in [2.24, 2.45) is 5.92 Å². The molecule has 0 aromatic heterocycles. The first kappa shape index (κ1) is 7.98. The highest BCUT2D eigenvalue weighted by Gasteiger charge is 2.28. The number of ether oxygens (including phenoxy) is 1. The fraction of sp³-hybridized carbons (Fsp3) is 1.00. The van der Waals surface area contributed by atoms with E-state index in [2.05, 4.69) is 6.92 Å². The average Bonchev–Trinajstić information content (AvgIpc) is 2.63. The van der Waals surface area contributed by atoms with Crippen LogP contribution in [-0.4, -0.2) is 30.2 Å². The van der Waals surface area contributed by atoms with E-state index in [1.807, 2.05) is 0 Å². The summed E-state index contributed by atoms with van der Waals surface area (Å²) in [5.41, 5.74) is 0. The molecule has 1 aliphatic rings. The maximum atomic E-state index is 8.71. The highest BCUT2D eigenvalue weighted by molar-refractivity contribution is 4.78. The summed E-state index contributed by atoms with van der Waals surface area (Å²) in [7, 11) is 1.58. The zero-order valence-corrected chi connectivity index (χ0v) is 6.58. The number of hydroxylamine groups is 2. The Kier molecular flexibility index (Phi) is 2.65. The number of nitrogens with zero attached hydrogens (tertiary/aromatic N) is 1. The van der Waals surface area contributed by atoms with Crippen molar-refractivity contribution in [3.63, 3.8) is 0 Å². The third-order valence-corrected chi connectivity index (χ3v) is 1.81. The van der Waals surface area contributed by atoms with Gasteiger partial charge >= 0.3 is 0 Å². The molecule has 0 radical (unpaired) electrons. The Bertz CT molecular complexity index is 102. The minimum Gasteiger partial charge on any atom is -0.361 e. The number of hydrogen-bond donors (Lipinski definition) is 1. The van der Waals surface area contributed by atoms with Gasteiger partial charge in [-0.2, -0.15) is 5.06 Å². The third-order valence-electron chi connectivity index (χ3n) is 1.81. The quantitative estimate of drug-likeness (QED) is 0.474. The Morgan fingerprint density at radius 1 is 1.70 bits per heavy atom. The maximum Gasteiger partial charge on any atom is 0.122 e. The van der Waals surface area contributed by atoms with Crippen molar-refractivity contribution in [2.45, 2.75) is 25.9 Å². The molecule has 0 amide bonds. The van der Waals surface area contributed by atoms with Gasteiger partial charge in [0.2, 0.25) is 0 Å². The van der Waals surface area contributed by atoms with Gasteiger partial charge in [-0.1, -0.05) is 0 Å². The summed E-state index contributed by atoms with van der Waals surface area (Å²) in [6.07, 6.45) is 2.89. The Hall–Kier alpha value is -0.120. The normalized spacial score (nSPS) is 21.6. The highest BCUT2D eigenvalue weighted by atomic mass is 16.6. The highest BCUT2D eigenvalue weighted by Crippen LogP contribution is 2.33. The molecule has 0 spiro atoms.